The van der Waals surface area contributed by atoms with Crippen LogP contribution in [0.15, 0.2) is 24.3 Å². The van der Waals surface area contributed by atoms with E-state index < -0.39 is 0 Å². The number of hydrogen-bond acceptors (Lipinski definition) is 4. The van der Waals surface area contributed by atoms with Gasteiger partial charge < -0.3 is 15.4 Å². The minimum absolute atomic E-state index is 0.00360. The molecule has 1 aromatic carbocycles. The molecule has 2 atom stereocenters. The van der Waals surface area contributed by atoms with E-state index in [4.69, 9.17) is 16.3 Å². The molecular formula is C19H26ClN3O3. The summed E-state index contributed by atoms with van der Waals surface area (Å²) in [5.74, 6) is -0.373. The van der Waals surface area contributed by atoms with Crippen molar-refractivity contribution in [2.75, 3.05) is 45.9 Å². The molecule has 6 nitrogen and oxygen atoms in total. The first-order chi connectivity index (χ1) is 12.6. The molecule has 1 saturated heterocycles. The van der Waals surface area contributed by atoms with Crippen molar-refractivity contribution < 1.29 is 14.3 Å². The van der Waals surface area contributed by atoms with E-state index in [2.05, 4.69) is 15.5 Å². The third-order valence-electron chi connectivity index (χ3n) is 4.92. The lowest BCUT2D eigenvalue weighted by Gasteiger charge is -2.26. The summed E-state index contributed by atoms with van der Waals surface area (Å²) in [4.78, 5) is 26.6. The Morgan fingerprint density at radius 3 is 2.31 bits per heavy atom. The number of nitrogens with one attached hydrogen (secondary N) is 2. The molecule has 2 amide bonds. The van der Waals surface area contributed by atoms with Crippen LogP contribution in [0.1, 0.15) is 12.0 Å². The Balaban J connectivity index is 1.29. The van der Waals surface area contributed by atoms with Crippen LogP contribution in [0.3, 0.4) is 0 Å². The van der Waals surface area contributed by atoms with Crippen LogP contribution in [-0.2, 0) is 20.7 Å². The van der Waals surface area contributed by atoms with Crippen LogP contribution < -0.4 is 10.6 Å². The van der Waals surface area contributed by atoms with Crippen molar-refractivity contribution in [3.63, 3.8) is 0 Å². The van der Waals surface area contributed by atoms with Gasteiger partial charge in [-0.1, -0.05) is 23.7 Å². The molecule has 0 radical (unpaired) electrons. The molecule has 7 heteroatoms. The second kappa shape index (κ2) is 9.35. The normalized spacial score (nSPS) is 22.7. The highest BCUT2D eigenvalue weighted by atomic mass is 35.5. The summed E-state index contributed by atoms with van der Waals surface area (Å²) in [6, 6.07) is 7.60. The smallest absolute Gasteiger partial charge is 0.223 e. The predicted molar refractivity (Wildman–Crippen MR) is 100 cm³/mol. The third kappa shape index (κ3) is 5.69. The van der Waals surface area contributed by atoms with Crippen molar-refractivity contribution in [2.45, 2.75) is 12.8 Å². The number of carbonyl (C=O) groups excluding carboxylic acids is 2. The van der Waals surface area contributed by atoms with Crippen LogP contribution in [0.2, 0.25) is 5.02 Å². The highest BCUT2D eigenvalue weighted by Gasteiger charge is 2.47. The number of nitrogens with zero attached hydrogens (tertiary/aromatic N) is 1. The van der Waals surface area contributed by atoms with E-state index in [1.807, 2.05) is 24.3 Å². The lowest BCUT2D eigenvalue weighted by atomic mass is 10.1. The highest BCUT2D eigenvalue weighted by molar-refractivity contribution is 6.30. The summed E-state index contributed by atoms with van der Waals surface area (Å²) in [7, 11) is 0. The molecule has 2 fully saturated rings. The topological polar surface area (TPSA) is 70.7 Å². The van der Waals surface area contributed by atoms with Gasteiger partial charge >= 0.3 is 0 Å². The lowest BCUT2D eigenvalue weighted by Crippen LogP contribution is -2.41. The zero-order valence-corrected chi connectivity index (χ0v) is 15.6. The predicted octanol–water partition coefficient (Wildman–Crippen LogP) is 1.08. The van der Waals surface area contributed by atoms with E-state index in [-0.39, 0.29) is 23.7 Å². The molecule has 1 saturated carbocycles. The number of halogens is 1. The van der Waals surface area contributed by atoms with Crippen LogP contribution in [0, 0.1) is 11.8 Å². The van der Waals surface area contributed by atoms with E-state index in [0.717, 1.165) is 44.8 Å². The standard InChI is InChI=1S/C19H26ClN3O3/c20-15-3-1-14(2-4-15)5-6-21-18(24)16-13-17(16)19(25)22-7-8-23-9-11-26-12-10-23/h1-4,16-17H,5-13H2,(H,21,24)(H,22,25). The second-order valence-corrected chi connectivity index (χ2v) is 7.30. The van der Waals surface area contributed by atoms with Gasteiger partial charge in [0.2, 0.25) is 11.8 Å². The molecule has 26 heavy (non-hydrogen) atoms. The van der Waals surface area contributed by atoms with Crippen LogP contribution in [0.5, 0.6) is 0 Å². The summed E-state index contributed by atoms with van der Waals surface area (Å²) < 4.78 is 5.30. The first kappa shape index (κ1) is 19.1. The average Bonchev–Trinajstić information content (AvgIpc) is 3.45. The van der Waals surface area contributed by atoms with E-state index in [9.17, 15) is 9.59 Å². The summed E-state index contributed by atoms with van der Waals surface area (Å²) in [5.41, 5.74) is 1.13. The summed E-state index contributed by atoms with van der Waals surface area (Å²) >= 11 is 5.86. The number of carbonyl (C=O) groups is 2. The number of hydrogen-bond donors (Lipinski definition) is 2. The second-order valence-electron chi connectivity index (χ2n) is 6.86. The first-order valence-corrected chi connectivity index (χ1v) is 9.61. The number of benzene rings is 1. The van der Waals surface area contributed by atoms with E-state index in [1.165, 1.54) is 0 Å². The zero-order chi connectivity index (χ0) is 18.4. The summed E-state index contributed by atoms with van der Waals surface area (Å²) in [6.45, 7) is 5.38. The fourth-order valence-electron chi connectivity index (χ4n) is 3.18. The molecule has 3 rings (SSSR count). The van der Waals surface area contributed by atoms with Crippen molar-refractivity contribution in [3.05, 3.63) is 34.9 Å². The van der Waals surface area contributed by atoms with Crippen molar-refractivity contribution in [1.29, 1.82) is 0 Å². The number of ether oxygens (including phenoxy) is 1. The molecule has 1 heterocycles. The molecular weight excluding hydrogens is 354 g/mol. The van der Waals surface area contributed by atoms with Crippen molar-refractivity contribution in [3.8, 4) is 0 Å². The van der Waals surface area contributed by atoms with Gasteiger partial charge in [0, 0.05) is 37.7 Å². The van der Waals surface area contributed by atoms with Crippen LogP contribution in [-0.4, -0.2) is 62.7 Å². The molecule has 0 bridgehead atoms. The lowest BCUT2D eigenvalue weighted by molar-refractivity contribution is -0.127. The van der Waals surface area contributed by atoms with Gasteiger partial charge in [0.1, 0.15) is 0 Å². The van der Waals surface area contributed by atoms with E-state index in [0.29, 0.717) is 24.5 Å². The van der Waals surface area contributed by atoms with Gasteiger partial charge in [-0.05, 0) is 30.5 Å². The number of amides is 2. The molecule has 1 aliphatic carbocycles. The van der Waals surface area contributed by atoms with Gasteiger partial charge in [-0.3, -0.25) is 14.5 Å². The average molecular weight is 380 g/mol. The fourth-order valence-corrected chi connectivity index (χ4v) is 3.31. The summed E-state index contributed by atoms with van der Waals surface area (Å²) in [5, 5.41) is 6.58. The Hall–Kier alpha value is -1.63. The first-order valence-electron chi connectivity index (χ1n) is 9.23. The van der Waals surface area contributed by atoms with Gasteiger partial charge in [-0.25, -0.2) is 0 Å². The molecule has 2 unspecified atom stereocenters. The molecule has 2 aliphatic rings. The monoisotopic (exact) mass is 379 g/mol. The van der Waals surface area contributed by atoms with Crippen molar-refractivity contribution >= 4 is 23.4 Å². The van der Waals surface area contributed by atoms with Gasteiger partial charge in [0.05, 0.1) is 25.0 Å². The van der Waals surface area contributed by atoms with Gasteiger partial charge in [0.15, 0.2) is 0 Å². The quantitative estimate of drug-likeness (QED) is 0.709. The molecule has 142 valence electrons. The molecule has 1 aliphatic heterocycles. The molecule has 0 aromatic heterocycles. The maximum Gasteiger partial charge on any atom is 0.223 e. The maximum absolute atomic E-state index is 12.2. The molecule has 2 N–H and O–H groups in total. The van der Waals surface area contributed by atoms with Crippen LogP contribution in [0.25, 0.3) is 0 Å². The Kier molecular flexibility index (Phi) is 6.88. The maximum atomic E-state index is 12.2. The van der Waals surface area contributed by atoms with Gasteiger partial charge in [0.25, 0.3) is 0 Å². The minimum atomic E-state index is -0.177. The zero-order valence-electron chi connectivity index (χ0n) is 14.9. The largest absolute Gasteiger partial charge is 0.379 e. The van der Waals surface area contributed by atoms with Crippen molar-refractivity contribution in [2.24, 2.45) is 11.8 Å². The van der Waals surface area contributed by atoms with Crippen LogP contribution in [0.4, 0.5) is 0 Å². The minimum Gasteiger partial charge on any atom is -0.379 e. The number of morpholine rings is 1. The third-order valence-corrected chi connectivity index (χ3v) is 5.17. The Morgan fingerprint density at radius 1 is 1.04 bits per heavy atom. The fraction of sp³-hybridized carbons (Fsp3) is 0.579. The van der Waals surface area contributed by atoms with E-state index in [1.54, 1.807) is 0 Å². The van der Waals surface area contributed by atoms with Crippen molar-refractivity contribution in [1.82, 2.24) is 15.5 Å². The number of rotatable bonds is 8. The van der Waals surface area contributed by atoms with Gasteiger partial charge in [-0.15, -0.1) is 0 Å². The molecule has 0 spiro atoms. The SMILES string of the molecule is O=C(NCCc1ccc(Cl)cc1)C1CC1C(=O)NCCN1CCOCC1. The van der Waals surface area contributed by atoms with Crippen LogP contribution >= 0.6 is 11.6 Å². The Bertz CT molecular complexity index is 617. The summed E-state index contributed by atoms with van der Waals surface area (Å²) in [6.07, 6.45) is 1.40. The molecule has 1 aromatic rings. The Morgan fingerprint density at radius 2 is 1.65 bits per heavy atom. The van der Waals surface area contributed by atoms with Gasteiger partial charge in [-0.2, -0.15) is 0 Å². The van der Waals surface area contributed by atoms with E-state index >= 15 is 0 Å². The Labute approximate surface area is 159 Å². The highest BCUT2D eigenvalue weighted by Crippen LogP contribution is 2.38.